The van der Waals surface area contributed by atoms with Crippen molar-refractivity contribution in [3.8, 4) is 11.1 Å². The van der Waals surface area contributed by atoms with Gasteiger partial charge in [-0.2, -0.15) is 0 Å². The SMILES string of the molecule is COC(=O)Cc1cc(NC(=O)OCC2c3ccccc3-c3ccccc32)c(C)c(B(O)O)c1. The first kappa shape index (κ1) is 22.6. The van der Waals surface area contributed by atoms with Crippen LogP contribution in [0.3, 0.4) is 0 Å². The van der Waals surface area contributed by atoms with Crippen LogP contribution in [0.5, 0.6) is 0 Å². The van der Waals surface area contributed by atoms with E-state index in [9.17, 15) is 19.6 Å². The van der Waals surface area contributed by atoms with Gasteiger partial charge in [-0.05, 0) is 51.8 Å². The number of anilines is 1. The van der Waals surface area contributed by atoms with Crippen LogP contribution in [0.25, 0.3) is 11.1 Å². The number of benzene rings is 3. The second-order valence-electron chi connectivity index (χ2n) is 7.93. The largest absolute Gasteiger partial charge is 0.488 e. The number of rotatable bonds is 6. The predicted molar refractivity (Wildman–Crippen MR) is 125 cm³/mol. The van der Waals surface area contributed by atoms with Gasteiger partial charge in [0.2, 0.25) is 0 Å². The van der Waals surface area contributed by atoms with Gasteiger partial charge in [0.25, 0.3) is 0 Å². The first-order valence-electron chi connectivity index (χ1n) is 10.6. The molecule has 7 nitrogen and oxygen atoms in total. The average molecular weight is 445 g/mol. The van der Waals surface area contributed by atoms with Gasteiger partial charge >= 0.3 is 19.2 Å². The maximum Gasteiger partial charge on any atom is 0.488 e. The Hall–Kier alpha value is -3.62. The van der Waals surface area contributed by atoms with Crippen LogP contribution in [-0.4, -0.2) is 42.9 Å². The molecule has 0 atom stereocenters. The van der Waals surface area contributed by atoms with Gasteiger partial charge in [-0.1, -0.05) is 54.6 Å². The number of nitrogens with one attached hydrogen (secondary N) is 1. The molecule has 0 heterocycles. The highest BCUT2D eigenvalue weighted by atomic mass is 16.5. The van der Waals surface area contributed by atoms with Crippen molar-refractivity contribution in [2.75, 3.05) is 19.0 Å². The van der Waals surface area contributed by atoms with Gasteiger partial charge in [-0.3, -0.25) is 10.1 Å². The topological polar surface area (TPSA) is 105 Å². The molecule has 0 fully saturated rings. The number of amides is 1. The van der Waals surface area contributed by atoms with Crippen molar-refractivity contribution in [2.24, 2.45) is 0 Å². The Morgan fingerprint density at radius 1 is 1.00 bits per heavy atom. The van der Waals surface area contributed by atoms with Gasteiger partial charge < -0.3 is 19.5 Å². The van der Waals surface area contributed by atoms with Crippen molar-refractivity contribution in [1.82, 2.24) is 0 Å². The van der Waals surface area contributed by atoms with E-state index in [2.05, 4.69) is 22.2 Å². The van der Waals surface area contributed by atoms with Crippen molar-refractivity contribution < 1.29 is 29.1 Å². The van der Waals surface area contributed by atoms with Crippen LogP contribution in [0.1, 0.15) is 28.2 Å². The number of methoxy groups -OCH3 is 1. The Balaban J connectivity index is 1.52. The van der Waals surface area contributed by atoms with E-state index in [0.29, 0.717) is 16.8 Å². The molecule has 168 valence electrons. The van der Waals surface area contributed by atoms with Gasteiger partial charge in [0.05, 0.1) is 13.5 Å². The summed E-state index contributed by atoms with van der Waals surface area (Å²) in [5.41, 5.74) is 5.94. The Bertz CT molecular complexity index is 1160. The van der Waals surface area contributed by atoms with E-state index in [1.54, 1.807) is 13.0 Å². The molecule has 0 saturated carbocycles. The highest BCUT2D eigenvalue weighted by Gasteiger charge is 2.29. The van der Waals surface area contributed by atoms with Crippen molar-refractivity contribution in [1.29, 1.82) is 0 Å². The molecule has 0 unspecified atom stereocenters. The summed E-state index contributed by atoms with van der Waals surface area (Å²) in [6, 6.07) is 19.2. The first-order chi connectivity index (χ1) is 15.9. The second-order valence-corrected chi connectivity index (χ2v) is 7.93. The zero-order valence-electron chi connectivity index (χ0n) is 18.4. The summed E-state index contributed by atoms with van der Waals surface area (Å²) in [5.74, 6) is -0.561. The minimum atomic E-state index is -1.76. The van der Waals surface area contributed by atoms with E-state index >= 15 is 0 Å². The standard InChI is InChI=1S/C25H24BNO6/c1-15-22(26(30)31)11-16(13-24(28)32-2)12-23(15)27-25(29)33-14-21-19-9-5-3-7-17(19)18-8-4-6-10-20(18)21/h3-12,21,30-31H,13-14H2,1-2H3,(H,27,29). The molecule has 0 saturated heterocycles. The molecule has 0 aromatic heterocycles. The van der Waals surface area contributed by atoms with E-state index in [1.165, 1.54) is 13.2 Å². The Kier molecular flexibility index (Phi) is 6.49. The lowest BCUT2D eigenvalue weighted by Crippen LogP contribution is -2.34. The molecule has 33 heavy (non-hydrogen) atoms. The van der Waals surface area contributed by atoms with Crippen molar-refractivity contribution in [3.63, 3.8) is 0 Å². The molecule has 1 amide bonds. The zero-order chi connectivity index (χ0) is 23.5. The molecule has 3 aromatic carbocycles. The zero-order valence-corrected chi connectivity index (χ0v) is 18.4. The molecule has 3 aromatic rings. The fourth-order valence-electron chi connectivity index (χ4n) is 4.28. The van der Waals surface area contributed by atoms with E-state index in [0.717, 1.165) is 22.3 Å². The average Bonchev–Trinajstić information content (AvgIpc) is 3.13. The minimum Gasteiger partial charge on any atom is -0.469 e. The quantitative estimate of drug-likeness (QED) is 0.398. The normalized spacial score (nSPS) is 12.0. The monoisotopic (exact) mass is 445 g/mol. The van der Waals surface area contributed by atoms with E-state index in [-0.39, 0.29) is 24.4 Å². The summed E-state index contributed by atoms with van der Waals surface area (Å²) < 4.78 is 10.3. The lowest BCUT2D eigenvalue weighted by atomic mass is 9.75. The van der Waals surface area contributed by atoms with Crippen LogP contribution in [0.2, 0.25) is 0 Å². The van der Waals surface area contributed by atoms with E-state index < -0.39 is 19.2 Å². The molecular weight excluding hydrogens is 421 g/mol. The summed E-state index contributed by atoms with van der Waals surface area (Å²) in [6.07, 6.45) is -0.746. The summed E-state index contributed by atoms with van der Waals surface area (Å²) in [4.78, 5) is 24.3. The number of esters is 1. The molecule has 0 aliphatic heterocycles. The maximum atomic E-state index is 12.7. The number of fused-ring (bicyclic) bond motifs is 3. The van der Waals surface area contributed by atoms with Crippen LogP contribution in [0, 0.1) is 6.92 Å². The smallest absolute Gasteiger partial charge is 0.469 e. The van der Waals surface area contributed by atoms with E-state index in [4.69, 9.17) is 4.74 Å². The number of carbonyl (C=O) groups excluding carboxylic acids is 2. The molecule has 0 bridgehead atoms. The van der Waals surface area contributed by atoms with Gasteiger partial charge in [0.1, 0.15) is 6.61 Å². The first-order valence-corrected chi connectivity index (χ1v) is 10.6. The van der Waals surface area contributed by atoms with Gasteiger partial charge in [0.15, 0.2) is 0 Å². The molecule has 4 rings (SSSR count). The van der Waals surface area contributed by atoms with Crippen LogP contribution in [0.4, 0.5) is 10.5 Å². The number of hydrogen-bond donors (Lipinski definition) is 3. The highest BCUT2D eigenvalue weighted by molar-refractivity contribution is 6.59. The van der Waals surface area contributed by atoms with Crippen molar-refractivity contribution in [3.05, 3.63) is 82.9 Å². The van der Waals surface area contributed by atoms with Crippen LogP contribution < -0.4 is 10.8 Å². The second kappa shape index (κ2) is 9.48. The maximum absolute atomic E-state index is 12.7. The Labute approximate surface area is 192 Å². The number of ether oxygens (including phenoxy) is 2. The summed E-state index contributed by atoms with van der Waals surface area (Å²) >= 11 is 0. The highest BCUT2D eigenvalue weighted by Crippen LogP contribution is 2.44. The molecule has 8 heteroatoms. The summed E-state index contributed by atoms with van der Waals surface area (Å²) in [7, 11) is -0.487. The van der Waals surface area contributed by atoms with E-state index in [1.807, 2.05) is 36.4 Å². The Morgan fingerprint density at radius 3 is 2.18 bits per heavy atom. The molecule has 1 aliphatic carbocycles. The van der Waals surface area contributed by atoms with Gasteiger partial charge in [-0.15, -0.1) is 0 Å². The lowest BCUT2D eigenvalue weighted by molar-refractivity contribution is -0.139. The van der Waals surface area contributed by atoms with Crippen molar-refractivity contribution in [2.45, 2.75) is 19.3 Å². The van der Waals surface area contributed by atoms with Crippen LogP contribution in [0.15, 0.2) is 60.7 Å². The number of carbonyl (C=O) groups is 2. The summed E-state index contributed by atoms with van der Waals surface area (Å²) in [6.45, 7) is 1.80. The predicted octanol–water partition coefficient (Wildman–Crippen LogP) is 2.75. The molecular formula is C25H24BNO6. The molecule has 3 N–H and O–H groups in total. The molecule has 0 radical (unpaired) electrons. The third kappa shape index (κ3) is 4.62. The van der Waals surface area contributed by atoms with Gasteiger partial charge in [0, 0.05) is 11.6 Å². The molecule has 0 spiro atoms. The molecule has 1 aliphatic rings. The Morgan fingerprint density at radius 2 is 1.61 bits per heavy atom. The lowest BCUT2D eigenvalue weighted by Gasteiger charge is -2.17. The fraction of sp³-hybridized carbons (Fsp3) is 0.200. The fourth-order valence-corrected chi connectivity index (χ4v) is 4.28. The third-order valence-corrected chi connectivity index (χ3v) is 5.94. The van der Waals surface area contributed by atoms with Crippen LogP contribution >= 0.6 is 0 Å². The van der Waals surface area contributed by atoms with Crippen molar-refractivity contribution >= 4 is 30.3 Å². The number of hydrogen-bond acceptors (Lipinski definition) is 6. The third-order valence-electron chi connectivity index (χ3n) is 5.94. The van der Waals surface area contributed by atoms with Gasteiger partial charge in [-0.25, -0.2) is 4.79 Å². The summed E-state index contributed by atoms with van der Waals surface area (Å²) in [5, 5.41) is 22.1. The van der Waals surface area contributed by atoms with Crippen LogP contribution in [-0.2, 0) is 20.7 Å². The minimum absolute atomic E-state index is 0.0735.